The summed E-state index contributed by atoms with van der Waals surface area (Å²) >= 11 is 0. The van der Waals surface area contributed by atoms with Gasteiger partial charge in [-0.25, -0.2) is 0 Å². The second-order valence-electron chi connectivity index (χ2n) is 5.02. The van der Waals surface area contributed by atoms with Crippen LogP contribution in [0.15, 0.2) is 11.8 Å². The van der Waals surface area contributed by atoms with Crippen LogP contribution in [0.5, 0.6) is 0 Å². The third-order valence-electron chi connectivity index (χ3n) is 2.64. The molecule has 0 spiro atoms. The molecule has 0 saturated heterocycles. The van der Waals surface area contributed by atoms with Crippen molar-refractivity contribution in [1.82, 2.24) is 10.2 Å². The molecule has 0 heterocycles. The highest BCUT2D eigenvalue weighted by atomic mass is 15.0. The van der Waals surface area contributed by atoms with Gasteiger partial charge in [-0.3, -0.25) is 0 Å². The molecule has 1 atom stereocenters. The van der Waals surface area contributed by atoms with Crippen LogP contribution in [0.4, 0.5) is 0 Å². The quantitative estimate of drug-likeness (QED) is 0.698. The Morgan fingerprint density at radius 1 is 1.27 bits per heavy atom. The van der Waals surface area contributed by atoms with Crippen molar-refractivity contribution in [1.29, 1.82) is 0 Å². The van der Waals surface area contributed by atoms with Crippen LogP contribution in [0.25, 0.3) is 0 Å². The Morgan fingerprint density at radius 3 is 2.27 bits per heavy atom. The van der Waals surface area contributed by atoms with Gasteiger partial charge < -0.3 is 10.2 Å². The highest BCUT2D eigenvalue weighted by molar-refractivity contribution is 5.04. The van der Waals surface area contributed by atoms with E-state index in [1.807, 2.05) is 7.05 Å². The highest BCUT2D eigenvalue weighted by Gasteiger charge is 2.09. The lowest BCUT2D eigenvalue weighted by Gasteiger charge is -2.19. The van der Waals surface area contributed by atoms with E-state index in [9.17, 15) is 0 Å². The maximum Gasteiger partial charge on any atom is 0.00556 e. The third kappa shape index (κ3) is 7.43. The molecule has 0 aliphatic rings. The Morgan fingerprint density at radius 2 is 1.87 bits per heavy atom. The first-order valence-electron chi connectivity index (χ1n) is 5.99. The van der Waals surface area contributed by atoms with Crippen molar-refractivity contribution in [3.8, 4) is 0 Å². The number of nitrogens with one attached hydrogen (secondary N) is 1. The van der Waals surface area contributed by atoms with Crippen molar-refractivity contribution in [3.05, 3.63) is 11.8 Å². The van der Waals surface area contributed by atoms with E-state index in [-0.39, 0.29) is 0 Å². The van der Waals surface area contributed by atoms with Crippen molar-refractivity contribution in [2.24, 2.45) is 11.8 Å². The van der Waals surface area contributed by atoms with Gasteiger partial charge in [-0.2, -0.15) is 0 Å². The van der Waals surface area contributed by atoms with E-state index in [1.54, 1.807) is 5.57 Å². The zero-order valence-corrected chi connectivity index (χ0v) is 11.3. The Balaban J connectivity index is 4.17. The lowest BCUT2D eigenvalue weighted by molar-refractivity contribution is 0.474. The fourth-order valence-corrected chi connectivity index (χ4v) is 1.66. The van der Waals surface area contributed by atoms with Crippen molar-refractivity contribution in [3.63, 3.8) is 0 Å². The van der Waals surface area contributed by atoms with Gasteiger partial charge >= 0.3 is 0 Å². The van der Waals surface area contributed by atoms with Gasteiger partial charge in [0.05, 0.1) is 0 Å². The number of hydrogen-bond acceptors (Lipinski definition) is 2. The van der Waals surface area contributed by atoms with E-state index < -0.39 is 0 Å². The summed E-state index contributed by atoms with van der Waals surface area (Å²) in [4.78, 5) is 2.15. The first kappa shape index (κ1) is 14.5. The van der Waals surface area contributed by atoms with Crippen molar-refractivity contribution < 1.29 is 0 Å². The van der Waals surface area contributed by atoms with Gasteiger partial charge in [-0.05, 0) is 44.5 Å². The summed E-state index contributed by atoms with van der Waals surface area (Å²) in [6.07, 6.45) is 4.76. The molecule has 0 aliphatic carbocycles. The molecule has 15 heavy (non-hydrogen) atoms. The summed E-state index contributed by atoms with van der Waals surface area (Å²) in [5, 5.41) is 3.21. The predicted molar refractivity (Wildman–Crippen MR) is 68.9 cm³/mol. The molecule has 0 rings (SSSR count). The Bertz CT molecular complexity index is 183. The topological polar surface area (TPSA) is 15.3 Å². The standard InChI is InChI=1S/C13H28N2/c1-11(2)13(10-15(5)6)9-12(3)7-8-14-4/h10-12,14H,7-9H2,1-6H3. The van der Waals surface area contributed by atoms with Gasteiger partial charge in [0.1, 0.15) is 0 Å². The van der Waals surface area contributed by atoms with Gasteiger partial charge in [-0.1, -0.05) is 26.3 Å². The molecule has 90 valence electrons. The average Bonchev–Trinajstić information content (AvgIpc) is 2.12. The van der Waals surface area contributed by atoms with Gasteiger partial charge in [0.15, 0.2) is 0 Å². The Hall–Kier alpha value is -0.500. The molecule has 0 aliphatic heterocycles. The normalized spacial score (nSPS) is 14.5. The van der Waals surface area contributed by atoms with E-state index >= 15 is 0 Å². The van der Waals surface area contributed by atoms with E-state index in [4.69, 9.17) is 0 Å². The van der Waals surface area contributed by atoms with Gasteiger partial charge in [0.2, 0.25) is 0 Å². The Kier molecular flexibility index (Phi) is 7.49. The largest absolute Gasteiger partial charge is 0.384 e. The minimum absolute atomic E-state index is 0.657. The molecule has 0 fully saturated rings. The smallest absolute Gasteiger partial charge is 0.00556 e. The average molecular weight is 212 g/mol. The SMILES string of the molecule is CNCCC(C)CC(=CN(C)C)C(C)C. The van der Waals surface area contributed by atoms with Gasteiger partial charge in [0, 0.05) is 14.1 Å². The molecule has 0 aromatic rings. The number of hydrogen-bond donors (Lipinski definition) is 1. The molecular formula is C13H28N2. The lowest BCUT2D eigenvalue weighted by Crippen LogP contribution is -2.14. The van der Waals surface area contributed by atoms with Crippen LogP contribution in [0.3, 0.4) is 0 Å². The fraction of sp³-hybridized carbons (Fsp3) is 0.846. The van der Waals surface area contributed by atoms with E-state index in [1.165, 1.54) is 12.8 Å². The summed E-state index contributed by atoms with van der Waals surface area (Å²) in [5.74, 6) is 1.43. The summed E-state index contributed by atoms with van der Waals surface area (Å²) in [7, 11) is 6.22. The third-order valence-corrected chi connectivity index (χ3v) is 2.64. The van der Waals surface area contributed by atoms with Crippen LogP contribution < -0.4 is 5.32 Å². The first-order chi connectivity index (χ1) is 6.97. The molecule has 0 saturated carbocycles. The maximum atomic E-state index is 3.21. The first-order valence-corrected chi connectivity index (χ1v) is 5.99. The summed E-state index contributed by atoms with van der Waals surface area (Å²) in [6.45, 7) is 8.01. The summed E-state index contributed by atoms with van der Waals surface area (Å²) in [6, 6.07) is 0. The predicted octanol–water partition coefficient (Wildman–Crippen LogP) is 2.72. The van der Waals surface area contributed by atoms with Crippen LogP contribution >= 0.6 is 0 Å². The molecule has 2 heteroatoms. The van der Waals surface area contributed by atoms with Gasteiger partial charge in [-0.15, -0.1) is 0 Å². The molecule has 0 aromatic heterocycles. The van der Waals surface area contributed by atoms with Crippen molar-refractivity contribution >= 4 is 0 Å². The minimum Gasteiger partial charge on any atom is -0.384 e. The number of rotatable bonds is 7. The van der Waals surface area contributed by atoms with Crippen LogP contribution in [-0.2, 0) is 0 Å². The molecular weight excluding hydrogens is 184 g/mol. The molecule has 0 amide bonds. The molecule has 2 nitrogen and oxygen atoms in total. The number of allylic oxidation sites excluding steroid dienone is 1. The van der Waals surface area contributed by atoms with Crippen LogP contribution in [0, 0.1) is 11.8 Å². The van der Waals surface area contributed by atoms with Crippen LogP contribution in [0.1, 0.15) is 33.6 Å². The molecule has 1 unspecified atom stereocenters. The van der Waals surface area contributed by atoms with E-state index in [2.05, 4.69) is 51.3 Å². The van der Waals surface area contributed by atoms with Crippen molar-refractivity contribution in [2.75, 3.05) is 27.7 Å². The lowest BCUT2D eigenvalue weighted by atomic mass is 9.92. The fourth-order valence-electron chi connectivity index (χ4n) is 1.66. The summed E-state index contributed by atoms with van der Waals surface area (Å²) in [5.41, 5.74) is 1.56. The monoisotopic (exact) mass is 212 g/mol. The Labute approximate surface area is 95.7 Å². The van der Waals surface area contributed by atoms with E-state index in [0.717, 1.165) is 12.5 Å². The molecule has 0 aromatic carbocycles. The maximum absolute atomic E-state index is 3.21. The van der Waals surface area contributed by atoms with Gasteiger partial charge in [0.25, 0.3) is 0 Å². The molecule has 1 N–H and O–H groups in total. The van der Waals surface area contributed by atoms with Crippen molar-refractivity contribution in [2.45, 2.75) is 33.6 Å². The second kappa shape index (κ2) is 7.75. The zero-order chi connectivity index (χ0) is 11.8. The van der Waals surface area contributed by atoms with Crippen LogP contribution in [0.2, 0.25) is 0 Å². The van der Waals surface area contributed by atoms with E-state index in [0.29, 0.717) is 5.92 Å². The number of nitrogens with zero attached hydrogens (tertiary/aromatic N) is 1. The summed E-state index contributed by atoms with van der Waals surface area (Å²) < 4.78 is 0. The zero-order valence-electron chi connectivity index (χ0n) is 11.3. The minimum atomic E-state index is 0.657. The highest BCUT2D eigenvalue weighted by Crippen LogP contribution is 2.21. The molecule has 0 bridgehead atoms. The van der Waals surface area contributed by atoms with Crippen LogP contribution in [-0.4, -0.2) is 32.6 Å². The second-order valence-corrected chi connectivity index (χ2v) is 5.02. The molecule has 0 radical (unpaired) electrons.